The van der Waals surface area contributed by atoms with Crippen LogP contribution in [0.4, 0.5) is 0 Å². The summed E-state index contributed by atoms with van der Waals surface area (Å²) in [4.78, 5) is 15.7. The van der Waals surface area contributed by atoms with Gasteiger partial charge >= 0.3 is 5.97 Å². The van der Waals surface area contributed by atoms with Crippen LogP contribution in [-0.2, 0) is 9.63 Å². The highest BCUT2D eigenvalue weighted by Gasteiger charge is 2.47. The van der Waals surface area contributed by atoms with Crippen LogP contribution in [-0.4, -0.2) is 34.4 Å². The lowest BCUT2D eigenvalue weighted by Crippen LogP contribution is -2.37. The van der Waals surface area contributed by atoms with Crippen LogP contribution in [0.2, 0.25) is 0 Å². The van der Waals surface area contributed by atoms with Gasteiger partial charge in [0.2, 0.25) is 0 Å². The largest absolute Gasteiger partial charge is 0.480 e. The molecule has 1 saturated heterocycles. The van der Waals surface area contributed by atoms with Crippen LogP contribution in [0.25, 0.3) is 0 Å². The zero-order valence-corrected chi connectivity index (χ0v) is 7.61. The van der Waals surface area contributed by atoms with Gasteiger partial charge in [-0.15, -0.1) is 0 Å². The average Bonchev–Trinajstić information content (AvgIpc) is 2.53. The highest BCUT2D eigenvalue weighted by Crippen LogP contribution is 2.29. The van der Waals surface area contributed by atoms with Gasteiger partial charge in [-0.1, -0.05) is 5.16 Å². The van der Waals surface area contributed by atoms with Crippen molar-refractivity contribution in [2.75, 3.05) is 6.54 Å². The van der Waals surface area contributed by atoms with Crippen molar-refractivity contribution in [2.24, 2.45) is 11.1 Å². The summed E-state index contributed by atoms with van der Waals surface area (Å²) in [7, 11) is 0. The van der Waals surface area contributed by atoms with Gasteiger partial charge < -0.3 is 9.94 Å². The molecule has 2 heterocycles. The first-order chi connectivity index (χ1) is 5.70. The highest BCUT2D eigenvalue weighted by molar-refractivity contribution is 9.18. The Hall–Kier alpha value is -0.620. The number of halogens is 1. The monoisotopic (exact) mass is 234 g/mol. The van der Waals surface area contributed by atoms with Crippen LogP contribution in [0, 0.1) is 5.92 Å². The zero-order valence-electron chi connectivity index (χ0n) is 6.03. The molecule has 2 rings (SSSR count). The van der Waals surface area contributed by atoms with Crippen molar-refractivity contribution < 1.29 is 14.7 Å². The number of fused-ring (bicyclic) bond motifs is 1. The molecule has 1 fully saturated rings. The van der Waals surface area contributed by atoms with Crippen LogP contribution in [0.5, 0.6) is 0 Å². The van der Waals surface area contributed by atoms with Crippen LogP contribution < -0.4 is 5.32 Å². The van der Waals surface area contributed by atoms with Crippen molar-refractivity contribution in [3.05, 3.63) is 0 Å². The summed E-state index contributed by atoms with van der Waals surface area (Å²) in [6.07, 6.45) is -0.125. The maximum atomic E-state index is 10.7. The van der Waals surface area contributed by atoms with Crippen molar-refractivity contribution >= 4 is 26.5 Å². The average molecular weight is 235 g/mol. The quantitative estimate of drug-likeness (QED) is 0.658. The van der Waals surface area contributed by atoms with Crippen molar-refractivity contribution in [1.82, 2.24) is 5.32 Å². The third-order valence-corrected chi connectivity index (χ3v) is 2.79. The maximum Gasteiger partial charge on any atom is 0.321 e. The van der Waals surface area contributed by atoms with Crippen LogP contribution >= 0.6 is 15.9 Å². The van der Waals surface area contributed by atoms with Crippen molar-refractivity contribution in [2.45, 2.75) is 12.1 Å². The van der Waals surface area contributed by atoms with E-state index in [1.807, 2.05) is 0 Å². The Labute approximate surface area is 76.9 Å². The van der Waals surface area contributed by atoms with E-state index in [-0.39, 0.29) is 12.0 Å². The lowest BCUT2D eigenvalue weighted by atomic mass is 10.0. The third-order valence-electron chi connectivity index (χ3n) is 2.12. The number of oxime groups is 1. The lowest BCUT2D eigenvalue weighted by molar-refractivity contribution is -0.139. The molecule has 2 N–H and O–H groups in total. The first kappa shape index (κ1) is 8.00. The second-order valence-corrected chi connectivity index (χ2v) is 3.62. The van der Waals surface area contributed by atoms with E-state index in [9.17, 15) is 4.79 Å². The number of nitrogens with zero attached hydrogens (tertiary/aromatic N) is 1. The Morgan fingerprint density at radius 1 is 1.83 bits per heavy atom. The molecule has 0 amide bonds. The lowest BCUT2D eigenvalue weighted by Gasteiger charge is -2.10. The number of nitrogens with one attached hydrogen (secondary N) is 1. The molecule has 0 bridgehead atoms. The molecule has 0 radical (unpaired) electrons. The Bertz CT molecular complexity index is 255. The fourth-order valence-corrected chi connectivity index (χ4v) is 2.17. The van der Waals surface area contributed by atoms with E-state index in [1.165, 1.54) is 0 Å². The number of hydrogen-bond acceptors (Lipinski definition) is 4. The summed E-state index contributed by atoms with van der Waals surface area (Å²) in [5.74, 6) is -1.03. The van der Waals surface area contributed by atoms with E-state index in [4.69, 9.17) is 9.94 Å². The summed E-state index contributed by atoms with van der Waals surface area (Å²) in [5.41, 5.74) is 0. The van der Waals surface area contributed by atoms with E-state index in [1.54, 1.807) is 0 Å². The summed E-state index contributed by atoms with van der Waals surface area (Å²) in [5, 5.41) is 15.3. The molecule has 2 aliphatic rings. The van der Waals surface area contributed by atoms with Crippen LogP contribution in [0.3, 0.4) is 0 Å². The molecule has 0 saturated carbocycles. The zero-order chi connectivity index (χ0) is 8.72. The molecular weight excluding hydrogens is 228 g/mol. The number of rotatable bonds is 1. The van der Waals surface area contributed by atoms with Gasteiger partial charge in [-0.2, -0.15) is 0 Å². The van der Waals surface area contributed by atoms with Crippen LogP contribution in [0.15, 0.2) is 5.16 Å². The minimum atomic E-state index is -0.861. The van der Waals surface area contributed by atoms with Crippen molar-refractivity contribution in [1.29, 1.82) is 0 Å². The molecule has 66 valence electrons. The van der Waals surface area contributed by atoms with Gasteiger partial charge in [-0.05, 0) is 15.9 Å². The number of hydrogen-bond donors (Lipinski definition) is 2. The first-order valence-electron chi connectivity index (χ1n) is 3.55. The van der Waals surface area contributed by atoms with Crippen molar-refractivity contribution in [3.63, 3.8) is 0 Å². The number of carboxylic acid groups (broad SMARTS) is 1. The maximum absolute atomic E-state index is 10.7. The van der Waals surface area contributed by atoms with Gasteiger partial charge in [0.05, 0.1) is 5.92 Å². The van der Waals surface area contributed by atoms with E-state index < -0.39 is 12.0 Å². The second-order valence-electron chi connectivity index (χ2n) is 2.81. The summed E-state index contributed by atoms with van der Waals surface area (Å²) in [6.45, 7) is 0.542. The van der Waals surface area contributed by atoms with Gasteiger partial charge in [0.1, 0.15) is 10.7 Å². The summed E-state index contributed by atoms with van der Waals surface area (Å²) >= 11 is 3.18. The summed E-state index contributed by atoms with van der Waals surface area (Å²) < 4.78 is 0.588. The molecule has 6 heteroatoms. The Kier molecular flexibility index (Phi) is 1.80. The SMILES string of the molecule is O=C(O)C1NCC2ON=C(Br)C21. The Balaban J connectivity index is 2.20. The minimum absolute atomic E-state index is 0.125. The molecular formula is C6H7BrN2O3. The van der Waals surface area contributed by atoms with Gasteiger partial charge in [0.25, 0.3) is 0 Å². The predicted molar refractivity (Wildman–Crippen MR) is 44.2 cm³/mol. The molecule has 0 aromatic carbocycles. The van der Waals surface area contributed by atoms with E-state index >= 15 is 0 Å². The number of aliphatic carboxylic acids is 1. The fourth-order valence-electron chi connectivity index (χ4n) is 1.53. The van der Waals surface area contributed by atoms with E-state index in [0.717, 1.165) is 0 Å². The topological polar surface area (TPSA) is 70.9 Å². The van der Waals surface area contributed by atoms with Gasteiger partial charge in [-0.3, -0.25) is 10.1 Å². The Morgan fingerprint density at radius 2 is 2.58 bits per heavy atom. The van der Waals surface area contributed by atoms with E-state index in [2.05, 4.69) is 26.4 Å². The van der Waals surface area contributed by atoms with Gasteiger partial charge in [0.15, 0.2) is 6.10 Å². The molecule has 0 aliphatic carbocycles. The molecule has 3 atom stereocenters. The molecule has 2 aliphatic heterocycles. The molecule has 3 unspecified atom stereocenters. The molecule has 0 spiro atoms. The van der Waals surface area contributed by atoms with Gasteiger partial charge in [0, 0.05) is 6.54 Å². The van der Waals surface area contributed by atoms with Gasteiger partial charge in [-0.25, -0.2) is 0 Å². The minimum Gasteiger partial charge on any atom is -0.480 e. The van der Waals surface area contributed by atoms with Crippen molar-refractivity contribution in [3.8, 4) is 0 Å². The number of carboxylic acids is 1. The third kappa shape index (κ3) is 1.02. The summed E-state index contributed by atoms with van der Waals surface area (Å²) in [6, 6.07) is -0.573. The fraction of sp³-hybridized carbons (Fsp3) is 0.667. The number of carbonyl (C=O) groups is 1. The molecule has 0 aromatic heterocycles. The standard InChI is InChI=1S/C6H7BrN2O3/c7-5-3-2(12-9-5)1-8-4(3)6(10)11/h2-4,8H,1H2,(H,10,11). The second kappa shape index (κ2) is 2.70. The van der Waals surface area contributed by atoms with E-state index in [0.29, 0.717) is 11.2 Å². The highest BCUT2D eigenvalue weighted by atomic mass is 79.9. The van der Waals surface area contributed by atoms with Crippen LogP contribution in [0.1, 0.15) is 0 Å². The Morgan fingerprint density at radius 3 is 3.25 bits per heavy atom. The molecule has 5 nitrogen and oxygen atoms in total. The normalized spacial score (nSPS) is 38.8. The predicted octanol–water partition coefficient (Wildman–Crippen LogP) is -0.234. The molecule has 12 heavy (non-hydrogen) atoms. The first-order valence-corrected chi connectivity index (χ1v) is 4.35. The molecule has 0 aromatic rings. The smallest absolute Gasteiger partial charge is 0.321 e.